The molecule has 0 aliphatic carbocycles. The van der Waals surface area contributed by atoms with Crippen LogP contribution in [0.3, 0.4) is 0 Å². The second-order valence-corrected chi connectivity index (χ2v) is 6.95. The molecule has 1 aliphatic heterocycles. The highest BCUT2D eigenvalue weighted by Crippen LogP contribution is 2.36. The van der Waals surface area contributed by atoms with Crippen LogP contribution in [0.2, 0.25) is 0 Å². The number of nitrogens with zero attached hydrogens (tertiary/aromatic N) is 1. The molecule has 1 atom stereocenters. The predicted molar refractivity (Wildman–Crippen MR) is 108 cm³/mol. The fourth-order valence-electron chi connectivity index (χ4n) is 3.67. The summed E-state index contributed by atoms with van der Waals surface area (Å²) < 4.78 is 5.53. The van der Waals surface area contributed by atoms with Gasteiger partial charge in [-0.15, -0.1) is 0 Å². The predicted octanol–water partition coefficient (Wildman–Crippen LogP) is 3.04. The molecule has 0 aromatic heterocycles. The van der Waals surface area contributed by atoms with Crippen LogP contribution < -0.4 is 14.5 Å². The van der Waals surface area contributed by atoms with Gasteiger partial charge < -0.3 is 9.64 Å². The van der Waals surface area contributed by atoms with Gasteiger partial charge in [0.1, 0.15) is 18.9 Å². The monoisotopic (exact) mass is 359 g/mol. The lowest BCUT2D eigenvalue weighted by molar-refractivity contribution is -0.892. The van der Waals surface area contributed by atoms with E-state index in [4.69, 9.17) is 4.74 Å². The summed E-state index contributed by atoms with van der Waals surface area (Å²) in [4.78, 5) is 16.0. The zero-order valence-electron chi connectivity index (χ0n) is 15.4. The summed E-state index contributed by atoms with van der Waals surface area (Å²) in [7, 11) is 2.11. The molecule has 1 amide bonds. The summed E-state index contributed by atoms with van der Waals surface area (Å²) in [5, 5.41) is 2.19. The van der Waals surface area contributed by atoms with E-state index in [9.17, 15) is 4.79 Å². The Bertz CT molecular complexity index is 990. The highest BCUT2D eigenvalue weighted by molar-refractivity contribution is 6.24. The molecule has 0 radical (unpaired) electrons. The number of amides is 1. The van der Waals surface area contributed by atoms with Crippen molar-refractivity contribution in [2.45, 2.75) is 6.54 Å². The van der Waals surface area contributed by atoms with Crippen LogP contribution in [0.5, 0.6) is 5.75 Å². The van der Waals surface area contributed by atoms with E-state index in [0.717, 1.165) is 34.3 Å². The molecular formula is C23H23N2O2+. The highest BCUT2D eigenvalue weighted by Gasteiger charge is 2.31. The summed E-state index contributed by atoms with van der Waals surface area (Å²) in [6.07, 6.45) is 1.73. The highest BCUT2D eigenvalue weighted by atomic mass is 16.5. The van der Waals surface area contributed by atoms with Crippen LogP contribution in [0.4, 0.5) is 5.69 Å². The molecular weight excluding hydrogens is 336 g/mol. The molecule has 0 saturated carbocycles. The van der Waals surface area contributed by atoms with Crippen LogP contribution in [0, 0.1) is 0 Å². The molecule has 1 aliphatic rings. The van der Waals surface area contributed by atoms with E-state index in [1.807, 2.05) is 41.3 Å². The van der Waals surface area contributed by atoms with Gasteiger partial charge in [0, 0.05) is 10.9 Å². The Morgan fingerprint density at radius 3 is 2.56 bits per heavy atom. The van der Waals surface area contributed by atoms with Crippen LogP contribution in [-0.4, -0.2) is 26.2 Å². The number of nitrogens with one attached hydrogen (secondary N) is 1. The molecule has 1 heterocycles. The first kappa shape index (κ1) is 17.3. The van der Waals surface area contributed by atoms with Gasteiger partial charge in [0.25, 0.3) is 5.91 Å². The van der Waals surface area contributed by atoms with Crippen LogP contribution in [0.1, 0.15) is 15.9 Å². The zero-order valence-corrected chi connectivity index (χ0v) is 15.4. The van der Waals surface area contributed by atoms with Crippen LogP contribution >= 0.6 is 0 Å². The van der Waals surface area contributed by atoms with Crippen molar-refractivity contribution in [3.05, 3.63) is 84.4 Å². The first-order valence-corrected chi connectivity index (χ1v) is 9.15. The third-order valence-electron chi connectivity index (χ3n) is 4.87. The van der Waals surface area contributed by atoms with E-state index >= 15 is 0 Å². The maximum absolute atomic E-state index is 12.9. The van der Waals surface area contributed by atoms with Crippen LogP contribution in [-0.2, 0) is 6.54 Å². The van der Waals surface area contributed by atoms with E-state index in [1.165, 1.54) is 10.5 Å². The van der Waals surface area contributed by atoms with Crippen molar-refractivity contribution in [2.75, 3.05) is 25.2 Å². The number of rotatable bonds is 7. The molecule has 3 aromatic carbocycles. The first-order chi connectivity index (χ1) is 13.2. The Hall–Kier alpha value is -3.11. The van der Waals surface area contributed by atoms with Crippen molar-refractivity contribution < 1.29 is 14.4 Å². The fraction of sp³-hybridized carbons (Fsp3) is 0.174. The van der Waals surface area contributed by atoms with Crippen molar-refractivity contribution >= 4 is 22.4 Å². The smallest absolute Gasteiger partial charge is 0.263 e. The van der Waals surface area contributed by atoms with Gasteiger partial charge in [-0.25, -0.2) is 0 Å². The second-order valence-electron chi connectivity index (χ2n) is 6.95. The second kappa shape index (κ2) is 7.25. The summed E-state index contributed by atoms with van der Waals surface area (Å²) in [6, 6.07) is 20.2. The zero-order chi connectivity index (χ0) is 18.8. The average Bonchev–Trinajstić information content (AvgIpc) is 2.95. The van der Waals surface area contributed by atoms with E-state index in [-0.39, 0.29) is 5.91 Å². The fourth-order valence-corrected chi connectivity index (χ4v) is 3.67. The summed E-state index contributed by atoms with van der Waals surface area (Å²) >= 11 is 0. The SMILES string of the molecule is C=CCOc1ccc(C[NH+](C)CN2C(=O)c3cccc4cccc2c34)cc1. The van der Waals surface area contributed by atoms with E-state index in [1.54, 1.807) is 6.08 Å². The van der Waals surface area contributed by atoms with Gasteiger partial charge in [-0.3, -0.25) is 9.69 Å². The molecule has 0 saturated heterocycles. The van der Waals surface area contributed by atoms with Gasteiger partial charge >= 0.3 is 0 Å². The van der Waals surface area contributed by atoms with Crippen molar-refractivity contribution in [2.24, 2.45) is 0 Å². The molecule has 4 rings (SSSR count). The molecule has 4 heteroatoms. The minimum absolute atomic E-state index is 0.0920. The molecule has 0 fully saturated rings. The maximum atomic E-state index is 12.9. The molecule has 0 bridgehead atoms. The standard InChI is InChI=1S/C23H22N2O2/c1-3-14-27-19-12-10-17(11-13-19)15-24(2)16-25-21-9-5-7-18-6-4-8-20(22(18)21)23(25)26/h3-13H,1,14-16H2,2H3/p+1. The van der Waals surface area contributed by atoms with Crippen molar-refractivity contribution in [1.82, 2.24) is 0 Å². The number of hydrogen-bond acceptors (Lipinski definition) is 2. The molecule has 3 aromatic rings. The topological polar surface area (TPSA) is 34.0 Å². The molecule has 1 N–H and O–H groups in total. The number of carbonyl (C=O) groups is 1. The van der Waals surface area contributed by atoms with Gasteiger partial charge in [-0.05, 0) is 41.8 Å². The lowest BCUT2D eigenvalue weighted by Gasteiger charge is -2.22. The van der Waals surface area contributed by atoms with Gasteiger partial charge in [-0.2, -0.15) is 0 Å². The minimum atomic E-state index is 0.0920. The lowest BCUT2D eigenvalue weighted by atomic mass is 10.1. The number of carbonyl (C=O) groups excluding carboxylic acids is 1. The Balaban J connectivity index is 1.47. The van der Waals surface area contributed by atoms with Gasteiger partial charge in [0.15, 0.2) is 6.67 Å². The van der Waals surface area contributed by atoms with E-state index in [0.29, 0.717) is 13.3 Å². The summed E-state index contributed by atoms with van der Waals surface area (Å²) in [6.45, 7) is 5.62. The van der Waals surface area contributed by atoms with Gasteiger partial charge in [-0.1, -0.05) is 36.9 Å². The maximum Gasteiger partial charge on any atom is 0.263 e. The molecule has 1 unspecified atom stereocenters. The van der Waals surface area contributed by atoms with Crippen LogP contribution in [0.15, 0.2) is 73.3 Å². The Kier molecular flexibility index (Phi) is 4.65. The van der Waals surface area contributed by atoms with Crippen LogP contribution in [0.25, 0.3) is 10.8 Å². The van der Waals surface area contributed by atoms with Crippen molar-refractivity contribution in [1.29, 1.82) is 0 Å². The number of anilines is 1. The van der Waals surface area contributed by atoms with Crippen molar-refractivity contribution in [3.63, 3.8) is 0 Å². The Morgan fingerprint density at radius 2 is 1.81 bits per heavy atom. The normalized spacial score (nSPS) is 13.8. The molecule has 136 valence electrons. The Morgan fingerprint density at radius 1 is 1.07 bits per heavy atom. The van der Waals surface area contributed by atoms with E-state index < -0.39 is 0 Å². The largest absolute Gasteiger partial charge is 0.490 e. The average molecular weight is 359 g/mol. The molecule has 0 spiro atoms. The molecule has 4 nitrogen and oxygen atoms in total. The number of benzene rings is 3. The van der Waals surface area contributed by atoms with E-state index in [2.05, 4.69) is 37.9 Å². The number of hydrogen-bond donors (Lipinski definition) is 1. The Labute approximate surface area is 159 Å². The molecule has 27 heavy (non-hydrogen) atoms. The minimum Gasteiger partial charge on any atom is -0.490 e. The van der Waals surface area contributed by atoms with Crippen molar-refractivity contribution in [3.8, 4) is 5.75 Å². The lowest BCUT2D eigenvalue weighted by Crippen LogP contribution is -3.09. The third kappa shape index (κ3) is 3.32. The number of ether oxygens (including phenoxy) is 1. The number of quaternary nitrogens is 1. The van der Waals surface area contributed by atoms with Gasteiger partial charge in [0.2, 0.25) is 0 Å². The quantitative estimate of drug-likeness (QED) is 0.658. The summed E-state index contributed by atoms with van der Waals surface area (Å²) in [5.74, 6) is 0.933. The summed E-state index contributed by atoms with van der Waals surface area (Å²) in [5.41, 5.74) is 3.03. The first-order valence-electron chi connectivity index (χ1n) is 9.15. The third-order valence-corrected chi connectivity index (χ3v) is 4.87. The van der Waals surface area contributed by atoms with Gasteiger partial charge in [0.05, 0.1) is 18.3 Å².